The lowest BCUT2D eigenvalue weighted by molar-refractivity contribution is -0.0470. The Morgan fingerprint density at radius 3 is 2.43 bits per heavy atom. The smallest absolute Gasteiger partial charge is 0.107 e. The number of aliphatic hydroxyl groups is 1. The van der Waals surface area contributed by atoms with E-state index < -0.39 is 6.10 Å². The van der Waals surface area contributed by atoms with Crippen molar-refractivity contribution in [2.75, 3.05) is 20.3 Å². The van der Waals surface area contributed by atoms with Crippen molar-refractivity contribution < 1.29 is 14.6 Å². The molecule has 0 saturated heterocycles. The van der Waals surface area contributed by atoms with Crippen molar-refractivity contribution in [3.05, 3.63) is 0 Å². The highest BCUT2D eigenvalue weighted by Gasteiger charge is 2.12. The number of hydrogen-bond acceptors (Lipinski definition) is 3. The number of ether oxygens (including phenoxy) is 2. The Labute approximate surface area is 86.4 Å². The lowest BCUT2D eigenvalue weighted by Gasteiger charge is -2.21. The Kier molecular flexibility index (Phi) is 6.56. The van der Waals surface area contributed by atoms with Gasteiger partial charge in [0, 0.05) is 13.5 Å². The molecule has 0 aromatic carbocycles. The number of methoxy groups -OCH3 is 1. The first-order valence-corrected chi connectivity index (χ1v) is 4.72. The van der Waals surface area contributed by atoms with E-state index in [0.29, 0.717) is 19.6 Å². The molecule has 0 fully saturated rings. The Balaban J connectivity index is 3.57. The fraction of sp³-hybridized carbons (Fsp3) is 0.818. The van der Waals surface area contributed by atoms with Gasteiger partial charge in [0.15, 0.2) is 0 Å². The summed E-state index contributed by atoms with van der Waals surface area (Å²) >= 11 is 0. The van der Waals surface area contributed by atoms with Crippen molar-refractivity contribution in [3.8, 4) is 11.8 Å². The summed E-state index contributed by atoms with van der Waals surface area (Å²) < 4.78 is 10.2. The number of hydrogen-bond donors (Lipinski definition) is 1. The molecule has 3 heteroatoms. The van der Waals surface area contributed by atoms with Gasteiger partial charge in [-0.05, 0) is 20.8 Å². The molecule has 0 aromatic heterocycles. The van der Waals surface area contributed by atoms with Crippen LogP contribution in [0.25, 0.3) is 0 Å². The van der Waals surface area contributed by atoms with Gasteiger partial charge in [-0.25, -0.2) is 0 Å². The SMILES string of the molecule is COCC#CCC(O)COC(C)(C)C. The molecule has 0 amide bonds. The van der Waals surface area contributed by atoms with Crippen LogP contribution in [0.2, 0.25) is 0 Å². The van der Waals surface area contributed by atoms with E-state index in [9.17, 15) is 5.11 Å². The lowest BCUT2D eigenvalue weighted by Crippen LogP contribution is -2.25. The third kappa shape index (κ3) is 9.53. The van der Waals surface area contributed by atoms with Crippen molar-refractivity contribution in [1.29, 1.82) is 0 Å². The van der Waals surface area contributed by atoms with E-state index in [2.05, 4.69) is 11.8 Å². The second kappa shape index (κ2) is 6.83. The molecule has 0 aliphatic rings. The zero-order chi connectivity index (χ0) is 11.0. The quantitative estimate of drug-likeness (QED) is 0.693. The standard InChI is InChI=1S/C11H20O3/c1-11(2,3)14-9-10(12)7-5-6-8-13-4/h10,12H,7-9H2,1-4H3. The summed E-state index contributed by atoms with van der Waals surface area (Å²) in [5, 5.41) is 9.44. The highest BCUT2D eigenvalue weighted by Crippen LogP contribution is 2.07. The van der Waals surface area contributed by atoms with E-state index in [0.717, 1.165) is 0 Å². The van der Waals surface area contributed by atoms with Gasteiger partial charge >= 0.3 is 0 Å². The molecule has 14 heavy (non-hydrogen) atoms. The third-order valence-corrected chi connectivity index (χ3v) is 1.39. The van der Waals surface area contributed by atoms with Crippen LogP contribution in [-0.4, -0.2) is 37.1 Å². The van der Waals surface area contributed by atoms with Crippen LogP contribution in [0.3, 0.4) is 0 Å². The molecule has 3 nitrogen and oxygen atoms in total. The van der Waals surface area contributed by atoms with Crippen molar-refractivity contribution in [2.45, 2.75) is 38.9 Å². The highest BCUT2D eigenvalue weighted by molar-refractivity contribution is 5.00. The summed E-state index contributed by atoms with van der Waals surface area (Å²) in [5.41, 5.74) is -0.207. The first-order chi connectivity index (χ1) is 6.45. The van der Waals surface area contributed by atoms with Gasteiger partial charge < -0.3 is 14.6 Å². The van der Waals surface area contributed by atoms with E-state index in [4.69, 9.17) is 9.47 Å². The minimum absolute atomic E-state index is 0.207. The fourth-order valence-electron chi connectivity index (χ4n) is 0.718. The molecule has 1 atom stereocenters. The predicted octanol–water partition coefficient (Wildman–Crippen LogP) is 1.20. The minimum atomic E-state index is -0.515. The Morgan fingerprint density at radius 1 is 1.29 bits per heavy atom. The van der Waals surface area contributed by atoms with Gasteiger partial charge in [-0.15, -0.1) is 0 Å². The molecule has 0 radical (unpaired) electrons. The zero-order valence-corrected chi connectivity index (χ0v) is 9.46. The molecule has 0 heterocycles. The van der Waals surface area contributed by atoms with E-state index in [-0.39, 0.29) is 5.60 Å². The first kappa shape index (κ1) is 13.4. The molecule has 1 unspecified atom stereocenters. The van der Waals surface area contributed by atoms with Gasteiger partial charge in [0.2, 0.25) is 0 Å². The molecular formula is C11H20O3. The Hall–Kier alpha value is -0.560. The second-order valence-electron chi connectivity index (χ2n) is 4.07. The zero-order valence-electron chi connectivity index (χ0n) is 9.46. The number of aliphatic hydroxyl groups excluding tert-OH is 1. The van der Waals surface area contributed by atoms with Crippen molar-refractivity contribution in [3.63, 3.8) is 0 Å². The Bertz CT molecular complexity index is 195. The van der Waals surface area contributed by atoms with Crippen LogP contribution >= 0.6 is 0 Å². The van der Waals surface area contributed by atoms with E-state index in [1.165, 1.54) is 0 Å². The van der Waals surface area contributed by atoms with Gasteiger partial charge in [-0.1, -0.05) is 11.8 Å². The normalized spacial score (nSPS) is 13.2. The summed E-state index contributed by atoms with van der Waals surface area (Å²) in [7, 11) is 1.59. The molecular weight excluding hydrogens is 180 g/mol. The third-order valence-electron chi connectivity index (χ3n) is 1.39. The van der Waals surface area contributed by atoms with Crippen molar-refractivity contribution in [1.82, 2.24) is 0 Å². The van der Waals surface area contributed by atoms with Crippen LogP contribution in [0.1, 0.15) is 27.2 Å². The molecule has 0 saturated carbocycles. The largest absolute Gasteiger partial charge is 0.390 e. The van der Waals surface area contributed by atoms with E-state index in [1.807, 2.05) is 20.8 Å². The van der Waals surface area contributed by atoms with E-state index >= 15 is 0 Å². The van der Waals surface area contributed by atoms with Crippen LogP contribution in [0.5, 0.6) is 0 Å². The molecule has 0 aromatic rings. The topological polar surface area (TPSA) is 38.7 Å². The molecule has 0 aliphatic carbocycles. The molecule has 0 rings (SSSR count). The summed E-state index contributed by atoms with van der Waals surface area (Å²) in [6.45, 7) is 6.60. The monoisotopic (exact) mass is 200 g/mol. The fourth-order valence-corrected chi connectivity index (χ4v) is 0.718. The summed E-state index contributed by atoms with van der Waals surface area (Å²) in [4.78, 5) is 0. The summed E-state index contributed by atoms with van der Waals surface area (Å²) in [5.74, 6) is 5.59. The maximum Gasteiger partial charge on any atom is 0.107 e. The van der Waals surface area contributed by atoms with Crippen molar-refractivity contribution >= 4 is 0 Å². The van der Waals surface area contributed by atoms with E-state index in [1.54, 1.807) is 7.11 Å². The van der Waals surface area contributed by atoms with Crippen LogP contribution in [0, 0.1) is 11.8 Å². The molecule has 1 N–H and O–H groups in total. The minimum Gasteiger partial charge on any atom is -0.390 e. The average molecular weight is 200 g/mol. The first-order valence-electron chi connectivity index (χ1n) is 4.72. The van der Waals surface area contributed by atoms with Crippen LogP contribution in [0.4, 0.5) is 0 Å². The maximum atomic E-state index is 9.44. The predicted molar refractivity (Wildman–Crippen MR) is 56.0 cm³/mol. The average Bonchev–Trinajstić information content (AvgIpc) is 2.08. The molecule has 0 aliphatic heterocycles. The molecule has 82 valence electrons. The number of rotatable bonds is 4. The van der Waals surface area contributed by atoms with Gasteiger partial charge in [0.25, 0.3) is 0 Å². The molecule has 0 spiro atoms. The van der Waals surface area contributed by atoms with Crippen LogP contribution in [-0.2, 0) is 9.47 Å². The molecule has 0 bridgehead atoms. The van der Waals surface area contributed by atoms with Crippen molar-refractivity contribution in [2.24, 2.45) is 0 Å². The van der Waals surface area contributed by atoms with Crippen LogP contribution < -0.4 is 0 Å². The summed E-state index contributed by atoms with van der Waals surface area (Å²) in [6.07, 6.45) is -0.0852. The van der Waals surface area contributed by atoms with Crippen LogP contribution in [0.15, 0.2) is 0 Å². The highest BCUT2D eigenvalue weighted by atomic mass is 16.5. The maximum absolute atomic E-state index is 9.44. The van der Waals surface area contributed by atoms with Gasteiger partial charge in [-0.3, -0.25) is 0 Å². The van der Waals surface area contributed by atoms with Gasteiger partial charge in [0.1, 0.15) is 6.61 Å². The Morgan fingerprint density at radius 2 is 1.93 bits per heavy atom. The summed E-state index contributed by atoms with van der Waals surface area (Å²) in [6, 6.07) is 0. The van der Waals surface area contributed by atoms with Gasteiger partial charge in [-0.2, -0.15) is 0 Å². The lowest BCUT2D eigenvalue weighted by atomic mass is 10.2. The van der Waals surface area contributed by atoms with Gasteiger partial charge in [0.05, 0.1) is 18.3 Å². The second-order valence-corrected chi connectivity index (χ2v) is 4.07.